The number of nitrogens with zero attached hydrogens (tertiary/aromatic N) is 5. The lowest BCUT2D eigenvalue weighted by atomic mass is 10.1. The molecular formula is C27H31N7O3S. The first-order chi connectivity index (χ1) is 18.5. The highest BCUT2D eigenvalue weighted by Gasteiger charge is 2.31. The lowest BCUT2D eigenvalue weighted by molar-refractivity contribution is -0.136. The van der Waals surface area contributed by atoms with E-state index in [9.17, 15) is 14.4 Å². The number of hydrogen-bond acceptors (Lipinski definition) is 8. The molecule has 38 heavy (non-hydrogen) atoms. The number of hydrogen-bond donors (Lipinski definition) is 2. The molecule has 1 saturated carbocycles. The van der Waals surface area contributed by atoms with Crippen molar-refractivity contribution in [3.8, 4) is 11.3 Å². The molecule has 6 rings (SSSR count). The van der Waals surface area contributed by atoms with Crippen LogP contribution in [0.5, 0.6) is 0 Å². The fourth-order valence-corrected chi connectivity index (χ4v) is 6.02. The maximum absolute atomic E-state index is 12.7. The van der Waals surface area contributed by atoms with Gasteiger partial charge in [-0.2, -0.15) is 0 Å². The highest BCUT2D eigenvalue weighted by atomic mass is 32.1. The molecule has 1 unspecified atom stereocenters. The molecule has 0 radical (unpaired) electrons. The first-order valence-electron chi connectivity index (χ1n) is 13.2. The van der Waals surface area contributed by atoms with Gasteiger partial charge in [0.15, 0.2) is 0 Å². The molecule has 2 aliphatic heterocycles. The van der Waals surface area contributed by atoms with E-state index in [2.05, 4.69) is 42.9 Å². The summed E-state index contributed by atoms with van der Waals surface area (Å²) in [7, 11) is 0. The van der Waals surface area contributed by atoms with Crippen molar-refractivity contribution < 1.29 is 14.4 Å². The van der Waals surface area contributed by atoms with Crippen LogP contribution >= 0.6 is 11.3 Å². The third-order valence-corrected chi connectivity index (χ3v) is 8.37. The lowest BCUT2D eigenvalue weighted by Crippen LogP contribution is -2.46. The van der Waals surface area contributed by atoms with Crippen LogP contribution in [0, 0.1) is 0 Å². The largest absolute Gasteiger partial charge is 0.326 e. The van der Waals surface area contributed by atoms with Gasteiger partial charge in [-0.1, -0.05) is 17.3 Å². The maximum atomic E-state index is 12.7. The Labute approximate surface area is 225 Å². The average molecular weight is 534 g/mol. The second kappa shape index (κ2) is 10.8. The van der Waals surface area contributed by atoms with Crippen LogP contribution in [0.25, 0.3) is 11.3 Å². The van der Waals surface area contributed by atoms with Crippen molar-refractivity contribution in [2.45, 2.75) is 50.7 Å². The van der Waals surface area contributed by atoms with Crippen LogP contribution in [0.4, 0.5) is 5.69 Å². The van der Waals surface area contributed by atoms with Crippen LogP contribution in [0.2, 0.25) is 0 Å². The molecule has 3 aliphatic rings. The van der Waals surface area contributed by atoms with Gasteiger partial charge in [0, 0.05) is 66.7 Å². The van der Waals surface area contributed by atoms with Crippen LogP contribution in [-0.2, 0) is 27.3 Å². The van der Waals surface area contributed by atoms with Crippen molar-refractivity contribution in [2.75, 3.05) is 31.5 Å². The summed E-state index contributed by atoms with van der Waals surface area (Å²) in [6, 6.07) is 10.4. The molecule has 198 valence electrons. The molecule has 0 bridgehead atoms. The molecule has 2 N–H and O–H groups in total. The number of piperidine rings is 1. The first kappa shape index (κ1) is 24.9. The van der Waals surface area contributed by atoms with Gasteiger partial charge in [0.05, 0.1) is 12.6 Å². The van der Waals surface area contributed by atoms with Crippen LogP contribution in [0.15, 0.2) is 41.9 Å². The number of amides is 3. The molecule has 3 amide bonds. The molecule has 2 saturated heterocycles. The number of nitrogens with one attached hydrogen (secondary N) is 2. The Kier molecular flexibility index (Phi) is 7.05. The van der Waals surface area contributed by atoms with Gasteiger partial charge in [0.25, 0.3) is 5.91 Å². The van der Waals surface area contributed by atoms with E-state index >= 15 is 0 Å². The van der Waals surface area contributed by atoms with E-state index in [1.54, 1.807) is 6.20 Å². The molecule has 2 aromatic heterocycles. The Morgan fingerprint density at radius 2 is 1.87 bits per heavy atom. The maximum Gasteiger partial charge on any atom is 0.251 e. The van der Waals surface area contributed by atoms with Gasteiger partial charge in [-0.25, -0.2) is 4.68 Å². The minimum absolute atomic E-state index is 0.0745. The van der Waals surface area contributed by atoms with Gasteiger partial charge in [0.2, 0.25) is 11.8 Å². The normalized spacial score (nSPS) is 20.9. The van der Waals surface area contributed by atoms with Gasteiger partial charge in [-0.15, -0.1) is 16.4 Å². The van der Waals surface area contributed by atoms with E-state index in [1.807, 2.05) is 23.6 Å². The summed E-state index contributed by atoms with van der Waals surface area (Å²) in [5.41, 5.74) is 3.53. The van der Waals surface area contributed by atoms with Crippen molar-refractivity contribution in [1.29, 1.82) is 0 Å². The molecular weight excluding hydrogens is 502 g/mol. The topological polar surface area (TPSA) is 112 Å². The lowest BCUT2D eigenvalue weighted by Gasteiger charge is -2.34. The number of aromatic nitrogens is 3. The summed E-state index contributed by atoms with van der Waals surface area (Å²) in [4.78, 5) is 42.2. The number of piperazine rings is 1. The number of carbonyl (C=O) groups excluding carboxylic acids is 3. The Hall–Kier alpha value is -3.41. The van der Waals surface area contributed by atoms with Crippen molar-refractivity contribution >= 4 is 34.7 Å². The van der Waals surface area contributed by atoms with Crippen molar-refractivity contribution in [2.24, 2.45) is 0 Å². The van der Waals surface area contributed by atoms with E-state index in [0.29, 0.717) is 12.1 Å². The first-order valence-corrected chi connectivity index (χ1v) is 14.1. The van der Waals surface area contributed by atoms with Crippen LogP contribution in [0.3, 0.4) is 0 Å². The second-order valence-corrected chi connectivity index (χ2v) is 11.3. The standard InChI is InChI=1S/C27H31N7O3S/c35-25-8-7-24(27(37)29-25)34-16-23(30-31-34)19-13-22(38-17-19)14-26(36)28-20-3-1-18(2-4-20)15-32-9-11-33(12-10-32)21-5-6-21/h1-4,13,16-17,21,24H,5-12,14-15H2,(H,28,36)(H,29,35,37). The van der Waals surface area contributed by atoms with Crippen molar-refractivity contribution in [1.82, 2.24) is 30.1 Å². The average Bonchev–Trinajstić information content (AvgIpc) is 3.46. The van der Waals surface area contributed by atoms with E-state index in [-0.39, 0.29) is 30.6 Å². The number of thiophene rings is 1. The van der Waals surface area contributed by atoms with E-state index in [0.717, 1.165) is 41.8 Å². The van der Waals surface area contributed by atoms with Gasteiger partial charge >= 0.3 is 0 Å². The summed E-state index contributed by atoms with van der Waals surface area (Å²) in [5, 5.41) is 15.5. The Morgan fingerprint density at radius 1 is 1.08 bits per heavy atom. The second-order valence-electron chi connectivity index (χ2n) is 10.3. The summed E-state index contributed by atoms with van der Waals surface area (Å²) < 4.78 is 1.50. The van der Waals surface area contributed by atoms with Gasteiger partial charge in [0.1, 0.15) is 11.7 Å². The molecule has 3 aromatic rings. The molecule has 4 heterocycles. The SMILES string of the molecule is O=C1CCC(n2cc(-c3csc(CC(=O)Nc4ccc(CN5CCN(C6CC6)CC5)cc4)c3)nn2)C(=O)N1. The number of benzene rings is 1. The van der Waals surface area contributed by atoms with Gasteiger partial charge in [-0.3, -0.25) is 29.5 Å². The molecule has 1 atom stereocenters. The Bertz CT molecular complexity index is 1320. The molecule has 0 spiro atoms. The van der Waals surface area contributed by atoms with Gasteiger partial charge in [-0.05, 0) is 43.0 Å². The van der Waals surface area contributed by atoms with Crippen molar-refractivity contribution in [3.63, 3.8) is 0 Å². The van der Waals surface area contributed by atoms with E-state index in [1.165, 1.54) is 47.5 Å². The van der Waals surface area contributed by atoms with Crippen LogP contribution in [-0.4, -0.2) is 74.7 Å². The predicted molar refractivity (Wildman–Crippen MR) is 143 cm³/mol. The molecule has 10 nitrogen and oxygen atoms in total. The number of imide groups is 1. The van der Waals surface area contributed by atoms with Crippen LogP contribution < -0.4 is 10.6 Å². The minimum atomic E-state index is -0.540. The molecule has 1 aromatic carbocycles. The summed E-state index contributed by atoms with van der Waals surface area (Å²) in [6.07, 6.45) is 5.40. The Balaban J connectivity index is 0.991. The quantitative estimate of drug-likeness (QED) is 0.428. The van der Waals surface area contributed by atoms with E-state index in [4.69, 9.17) is 0 Å². The summed E-state index contributed by atoms with van der Waals surface area (Å²) in [5.74, 6) is -0.699. The smallest absolute Gasteiger partial charge is 0.251 e. The number of anilines is 1. The third kappa shape index (κ3) is 5.85. The zero-order valence-corrected chi connectivity index (χ0v) is 22.0. The number of rotatable bonds is 8. The molecule has 11 heteroatoms. The molecule has 3 fully saturated rings. The van der Waals surface area contributed by atoms with Crippen molar-refractivity contribution in [3.05, 3.63) is 52.3 Å². The fourth-order valence-electron chi connectivity index (χ4n) is 5.14. The minimum Gasteiger partial charge on any atom is -0.326 e. The zero-order chi connectivity index (χ0) is 26.1. The fraction of sp³-hybridized carbons (Fsp3) is 0.444. The Morgan fingerprint density at radius 3 is 2.61 bits per heavy atom. The monoisotopic (exact) mass is 533 g/mol. The zero-order valence-electron chi connectivity index (χ0n) is 21.1. The number of carbonyl (C=O) groups is 3. The predicted octanol–water partition coefficient (Wildman–Crippen LogP) is 2.45. The van der Waals surface area contributed by atoms with E-state index < -0.39 is 6.04 Å². The third-order valence-electron chi connectivity index (χ3n) is 7.44. The van der Waals surface area contributed by atoms with Crippen LogP contribution in [0.1, 0.15) is 42.2 Å². The summed E-state index contributed by atoms with van der Waals surface area (Å²) >= 11 is 1.49. The highest BCUT2D eigenvalue weighted by molar-refractivity contribution is 7.10. The van der Waals surface area contributed by atoms with Gasteiger partial charge < -0.3 is 5.32 Å². The highest BCUT2D eigenvalue weighted by Crippen LogP contribution is 2.28. The molecule has 1 aliphatic carbocycles. The summed E-state index contributed by atoms with van der Waals surface area (Å²) in [6.45, 7) is 5.51.